The summed E-state index contributed by atoms with van der Waals surface area (Å²) >= 11 is 1.74. The van der Waals surface area contributed by atoms with Gasteiger partial charge in [0, 0.05) is 28.1 Å². The van der Waals surface area contributed by atoms with Crippen molar-refractivity contribution < 1.29 is 14.3 Å². The van der Waals surface area contributed by atoms with Crippen molar-refractivity contribution in [1.82, 2.24) is 5.32 Å². The van der Waals surface area contributed by atoms with Crippen LogP contribution < -0.4 is 14.8 Å². The molecule has 1 aromatic heterocycles. The third kappa shape index (κ3) is 6.22. The molecule has 0 spiro atoms. The second-order valence-electron chi connectivity index (χ2n) is 9.49. The number of carbonyl (C=O) groups is 1. The van der Waals surface area contributed by atoms with Crippen molar-refractivity contribution in [2.45, 2.75) is 45.1 Å². The van der Waals surface area contributed by atoms with Crippen molar-refractivity contribution in [2.75, 3.05) is 13.2 Å². The lowest BCUT2D eigenvalue weighted by atomic mass is 9.98. The molecule has 1 aliphatic heterocycles. The molecule has 0 saturated carbocycles. The zero-order chi connectivity index (χ0) is 25.6. The largest absolute Gasteiger partial charge is 0.494 e. The van der Waals surface area contributed by atoms with E-state index in [4.69, 9.17) is 15.9 Å². The van der Waals surface area contributed by atoms with Gasteiger partial charge >= 0.3 is 5.97 Å². The second kappa shape index (κ2) is 11.6. The Bertz CT molecular complexity index is 1410. The molecule has 4 nitrogen and oxygen atoms in total. The third-order valence-corrected chi connectivity index (χ3v) is 8.03. The van der Waals surface area contributed by atoms with Gasteiger partial charge in [-0.25, -0.2) is 0 Å². The van der Waals surface area contributed by atoms with Crippen LogP contribution in [0.5, 0.6) is 11.5 Å². The molecular weight excluding hydrogens is 478 g/mol. The highest BCUT2D eigenvalue weighted by atomic mass is 32.1. The Morgan fingerprint density at radius 3 is 2.54 bits per heavy atom. The first-order valence-electron chi connectivity index (χ1n) is 12.8. The molecule has 1 saturated heterocycles. The van der Waals surface area contributed by atoms with E-state index in [1.54, 1.807) is 11.3 Å². The number of hydrogen-bond acceptors (Lipinski definition) is 5. The smallest absolute Gasteiger partial charge is 0.308 e. The van der Waals surface area contributed by atoms with E-state index < -0.39 is 0 Å². The molecule has 37 heavy (non-hydrogen) atoms. The summed E-state index contributed by atoms with van der Waals surface area (Å²) in [7, 11) is 0. The zero-order valence-corrected chi connectivity index (χ0v) is 21.9. The number of carbonyl (C=O) groups excluding carboxylic acids is 1. The minimum absolute atomic E-state index is 0.324. The number of esters is 1. The fourth-order valence-corrected chi connectivity index (χ4v) is 6.15. The second-order valence-corrected chi connectivity index (χ2v) is 10.5. The normalized spacial score (nSPS) is 15.3. The van der Waals surface area contributed by atoms with Crippen LogP contribution in [0.15, 0.2) is 66.7 Å². The van der Waals surface area contributed by atoms with Gasteiger partial charge in [0.05, 0.1) is 6.61 Å². The molecule has 1 unspecified atom stereocenters. The van der Waals surface area contributed by atoms with Crippen LogP contribution in [0, 0.1) is 12.3 Å². The number of nitrogens with one attached hydrogen (secondary N) is 1. The van der Waals surface area contributed by atoms with Crippen LogP contribution in [-0.2, 0) is 11.2 Å². The molecule has 0 radical (unpaired) electrons. The van der Waals surface area contributed by atoms with E-state index in [1.165, 1.54) is 52.3 Å². The Kier molecular flexibility index (Phi) is 7.89. The summed E-state index contributed by atoms with van der Waals surface area (Å²) < 4.78 is 12.4. The van der Waals surface area contributed by atoms with E-state index in [9.17, 15) is 4.79 Å². The molecule has 0 aliphatic carbocycles. The first-order valence-corrected chi connectivity index (χ1v) is 13.7. The van der Waals surface area contributed by atoms with Crippen LogP contribution in [0.3, 0.4) is 0 Å². The first-order chi connectivity index (χ1) is 18.1. The molecule has 5 heteroatoms. The third-order valence-electron chi connectivity index (χ3n) is 6.79. The van der Waals surface area contributed by atoms with Gasteiger partial charge in [-0.1, -0.05) is 30.5 Å². The maximum atomic E-state index is 11.3. The minimum atomic E-state index is -0.324. The highest BCUT2D eigenvalue weighted by molar-refractivity contribution is 7.22. The summed E-state index contributed by atoms with van der Waals surface area (Å²) in [6.45, 7) is 3.27. The Balaban J connectivity index is 1.36. The molecule has 5 rings (SSSR count). The van der Waals surface area contributed by atoms with E-state index in [0.717, 1.165) is 42.9 Å². The number of rotatable bonds is 8. The Morgan fingerprint density at radius 2 is 1.84 bits per heavy atom. The van der Waals surface area contributed by atoms with Crippen LogP contribution in [-0.4, -0.2) is 25.2 Å². The van der Waals surface area contributed by atoms with E-state index in [-0.39, 0.29) is 5.97 Å². The van der Waals surface area contributed by atoms with Gasteiger partial charge in [0.15, 0.2) is 0 Å². The zero-order valence-electron chi connectivity index (χ0n) is 21.1. The monoisotopic (exact) mass is 509 g/mol. The van der Waals surface area contributed by atoms with Crippen molar-refractivity contribution in [3.05, 3.63) is 83.4 Å². The van der Waals surface area contributed by atoms with Gasteiger partial charge in [-0.15, -0.1) is 17.8 Å². The molecule has 188 valence electrons. The lowest BCUT2D eigenvalue weighted by Gasteiger charge is -2.23. The lowest BCUT2D eigenvalue weighted by molar-refractivity contribution is -0.131. The molecule has 1 aliphatic rings. The fourth-order valence-electron chi connectivity index (χ4n) is 4.89. The number of fused-ring (bicyclic) bond motifs is 1. The maximum Gasteiger partial charge on any atom is 0.308 e. The minimum Gasteiger partial charge on any atom is -0.494 e. The quantitative estimate of drug-likeness (QED) is 0.158. The summed E-state index contributed by atoms with van der Waals surface area (Å²) in [6.07, 6.45) is 11.3. The van der Waals surface area contributed by atoms with Crippen LogP contribution >= 0.6 is 11.3 Å². The summed E-state index contributed by atoms with van der Waals surface area (Å²) in [5.41, 5.74) is 4.45. The Morgan fingerprint density at radius 1 is 1.05 bits per heavy atom. The van der Waals surface area contributed by atoms with Crippen LogP contribution in [0.2, 0.25) is 0 Å². The van der Waals surface area contributed by atoms with Gasteiger partial charge in [-0.2, -0.15) is 0 Å². The van der Waals surface area contributed by atoms with E-state index in [2.05, 4.69) is 47.6 Å². The summed E-state index contributed by atoms with van der Waals surface area (Å²) in [5.74, 6) is 3.88. The Hall–Kier alpha value is -3.59. The molecule has 1 N–H and O–H groups in total. The highest BCUT2D eigenvalue weighted by Crippen LogP contribution is 2.41. The van der Waals surface area contributed by atoms with Gasteiger partial charge in [0.1, 0.15) is 11.5 Å². The maximum absolute atomic E-state index is 11.3. The molecule has 0 amide bonds. The molecular formula is C32H31NO3S. The number of benzene rings is 3. The molecule has 0 bridgehead atoms. The van der Waals surface area contributed by atoms with Gasteiger partial charge in [0.2, 0.25) is 0 Å². The van der Waals surface area contributed by atoms with Crippen LogP contribution in [0.25, 0.3) is 20.5 Å². The number of piperidine rings is 1. The van der Waals surface area contributed by atoms with E-state index in [1.807, 2.05) is 30.3 Å². The molecule has 3 aromatic carbocycles. The molecule has 2 heterocycles. The SMILES string of the molecule is C#Cc1ccc2c(Cc3ccc(OCCC4CCCCN4)cc3)c(-c3ccc(OC(C)=O)cc3)sc2c1. The summed E-state index contributed by atoms with van der Waals surface area (Å²) in [4.78, 5) is 12.5. The summed E-state index contributed by atoms with van der Waals surface area (Å²) in [6, 6.07) is 22.9. The van der Waals surface area contributed by atoms with Crippen molar-refractivity contribution in [1.29, 1.82) is 0 Å². The predicted molar refractivity (Wildman–Crippen MR) is 152 cm³/mol. The summed E-state index contributed by atoms with van der Waals surface area (Å²) in [5, 5.41) is 4.79. The highest BCUT2D eigenvalue weighted by Gasteiger charge is 2.16. The molecule has 4 aromatic rings. The van der Waals surface area contributed by atoms with Crippen molar-refractivity contribution in [3.8, 4) is 34.3 Å². The molecule has 1 atom stereocenters. The van der Waals surface area contributed by atoms with Crippen LogP contribution in [0.4, 0.5) is 0 Å². The number of terminal acetylenes is 1. The average molecular weight is 510 g/mol. The Labute approximate surface area is 222 Å². The van der Waals surface area contributed by atoms with Gasteiger partial charge in [-0.05, 0) is 103 Å². The number of ether oxygens (including phenoxy) is 2. The number of hydrogen-bond donors (Lipinski definition) is 1. The van der Waals surface area contributed by atoms with Crippen molar-refractivity contribution in [3.63, 3.8) is 0 Å². The van der Waals surface area contributed by atoms with E-state index >= 15 is 0 Å². The van der Waals surface area contributed by atoms with Crippen molar-refractivity contribution >= 4 is 27.4 Å². The van der Waals surface area contributed by atoms with Crippen molar-refractivity contribution in [2.24, 2.45) is 0 Å². The first kappa shape index (κ1) is 25.1. The topological polar surface area (TPSA) is 47.6 Å². The van der Waals surface area contributed by atoms with Gasteiger partial charge in [-0.3, -0.25) is 4.79 Å². The average Bonchev–Trinajstić information content (AvgIpc) is 3.27. The predicted octanol–water partition coefficient (Wildman–Crippen LogP) is 6.98. The lowest BCUT2D eigenvalue weighted by Crippen LogP contribution is -2.35. The van der Waals surface area contributed by atoms with Gasteiger partial charge in [0.25, 0.3) is 0 Å². The standard InChI is InChI=1S/C32H31NO3S/c1-3-23-9-16-29-30(32(37-31(29)21-23)25-10-14-28(15-11-25)36-22(2)34)20-24-7-12-27(13-8-24)35-19-17-26-6-4-5-18-33-26/h1,7-16,21,26,33H,4-6,17-20H2,2H3. The van der Waals surface area contributed by atoms with Gasteiger partial charge < -0.3 is 14.8 Å². The fraction of sp³-hybridized carbons (Fsp3) is 0.281. The van der Waals surface area contributed by atoms with Crippen LogP contribution in [0.1, 0.15) is 49.3 Å². The number of thiophene rings is 1. The molecule has 1 fully saturated rings. The van der Waals surface area contributed by atoms with E-state index in [0.29, 0.717) is 11.8 Å².